The highest BCUT2D eigenvalue weighted by atomic mass is 32.2. The molecule has 0 spiro atoms. The molecule has 2 aromatic carbocycles. The number of hydrogen-bond donors (Lipinski definition) is 2. The SMILES string of the molecule is N#CCc1ccc(NC(=O)c2ccc(NS(=O)(=O)c3cccs3)cc2)cc1. The molecule has 1 heterocycles. The van der Waals surface area contributed by atoms with Crippen LogP contribution in [0.3, 0.4) is 0 Å². The van der Waals surface area contributed by atoms with Crippen molar-refractivity contribution in [3.8, 4) is 6.07 Å². The highest BCUT2D eigenvalue weighted by Crippen LogP contribution is 2.21. The molecular weight excluding hydrogens is 382 g/mol. The third-order valence-corrected chi connectivity index (χ3v) is 6.43. The van der Waals surface area contributed by atoms with Crippen molar-refractivity contribution in [1.82, 2.24) is 0 Å². The number of hydrogen-bond acceptors (Lipinski definition) is 5. The van der Waals surface area contributed by atoms with E-state index < -0.39 is 10.0 Å². The van der Waals surface area contributed by atoms with Crippen molar-refractivity contribution in [1.29, 1.82) is 5.26 Å². The van der Waals surface area contributed by atoms with Gasteiger partial charge in [0.05, 0.1) is 12.5 Å². The molecule has 0 saturated carbocycles. The van der Waals surface area contributed by atoms with Gasteiger partial charge in [0, 0.05) is 16.9 Å². The van der Waals surface area contributed by atoms with Crippen LogP contribution in [0.1, 0.15) is 15.9 Å². The Hall–Kier alpha value is -3.15. The number of benzene rings is 2. The van der Waals surface area contributed by atoms with Gasteiger partial charge in [-0.15, -0.1) is 11.3 Å². The highest BCUT2D eigenvalue weighted by molar-refractivity contribution is 7.94. The van der Waals surface area contributed by atoms with Gasteiger partial charge in [0.1, 0.15) is 4.21 Å². The molecule has 0 unspecified atom stereocenters. The molecule has 2 N–H and O–H groups in total. The van der Waals surface area contributed by atoms with E-state index in [9.17, 15) is 13.2 Å². The fourth-order valence-electron chi connectivity index (χ4n) is 2.31. The van der Waals surface area contributed by atoms with Crippen LogP contribution in [-0.2, 0) is 16.4 Å². The summed E-state index contributed by atoms with van der Waals surface area (Å²) < 4.78 is 27.1. The van der Waals surface area contributed by atoms with Crippen molar-refractivity contribution in [2.75, 3.05) is 10.0 Å². The van der Waals surface area contributed by atoms with E-state index in [-0.39, 0.29) is 10.1 Å². The standard InChI is InChI=1S/C19H15N3O3S2/c20-12-11-14-3-7-16(8-4-14)21-19(23)15-5-9-17(10-6-15)22-27(24,25)18-2-1-13-26-18/h1-10,13,22H,11H2,(H,21,23). The number of rotatable bonds is 6. The van der Waals surface area contributed by atoms with E-state index in [0.29, 0.717) is 23.4 Å². The number of thiophene rings is 1. The molecule has 0 radical (unpaired) electrons. The monoisotopic (exact) mass is 397 g/mol. The van der Waals surface area contributed by atoms with E-state index in [1.807, 2.05) is 0 Å². The van der Waals surface area contributed by atoms with Gasteiger partial charge in [-0.1, -0.05) is 18.2 Å². The van der Waals surface area contributed by atoms with Gasteiger partial charge in [-0.05, 0) is 53.4 Å². The summed E-state index contributed by atoms with van der Waals surface area (Å²) in [6.45, 7) is 0. The van der Waals surface area contributed by atoms with E-state index in [2.05, 4.69) is 16.1 Å². The van der Waals surface area contributed by atoms with Crippen LogP contribution in [0.5, 0.6) is 0 Å². The molecule has 0 saturated heterocycles. The van der Waals surface area contributed by atoms with Crippen molar-refractivity contribution in [2.45, 2.75) is 10.6 Å². The van der Waals surface area contributed by atoms with Crippen LogP contribution in [0.15, 0.2) is 70.3 Å². The summed E-state index contributed by atoms with van der Waals surface area (Å²) in [5, 5.41) is 13.1. The second kappa shape index (κ2) is 8.03. The van der Waals surface area contributed by atoms with E-state index in [1.165, 1.54) is 18.2 Å². The minimum atomic E-state index is -3.62. The average Bonchev–Trinajstić information content (AvgIpc) is 3.20. The zero-order valence-corrected chi connectivity index (χ0v) is 15.7. The Morgan fingerprint density at radius 1 is 1.00 bits per heavy atom. The summed E-state index contributed by atoms with van der Waals surface area (Å²) in [6, 6.07) is 18.4. The number of nitrogens with zero attached hydrogens (tertiary/aromatic N) is 1. The van der Waals surface area contributed by atoms with Crippen molar-refractivity contribution in [3.05, 3.63) is 77.2 Å². The molecule has 0 aliphatic carbocycles. The van der Waals surface area contributed by atoms with Gasteiger partial charge >= 0.3 is 0 Å². The molecule has 0 bridgehead atoms. The fourth-order valence-corrected chi connectivity index (χ4v) is 4.36. The molecule has 0 aliphatic rings. The molecule has 3 aromatic rings. The van der Waals surface area contributed by atoms with Crippen LogP contribution in [-0.4, -0.2) is 14.3 Å². The summed E-state index contributed by atoms with van der Waals surface area (Å²) in [5.74, 6) is -0.310. The molecule has 3 rings (SSSR count). The lowest BCUT2D eigenvalue weighted by Crippen LogP contribution is -2.13. The molecule has 27 heavy (non-hydrogen) atoms. The lowest BCUT2D eigenvalue weighted by molar-refractivity contribution is 0.102. The lowest BCUT2D eigenvalue weighted by Gasteiger charge is -2.08. The number of sulfonamides is 1. The second-order valence-electron chi connectivity index (χ2n) is 5.60. The molecule has 0 fully saturated rings. The predicted molar refractivity (Wildman–Crippen MR) is 105 cm³/mol. The number of amides is 1. The van der Waals surface area contributed by atoms with Crippen LogP contribution < -0.4 is 10.0 Å². The molecule has 136 valence electrons. The van der Waals surface area contributed by atoms with E-state index in [1.54, 1.807) is 47.8 Å². The molecule has 8 heteroatoms. The lowest BCUT2D eigenvalue weighted by atomic mass is 10.1. The molecule has 1 aromatic heterocycles. The molecular formula is C19H15N3O3S2. The molecule has 0 aliphatic heterocycles. The topological polar surface area (TPSA) is 99.1 Å². The number of carbonyl (C=O) groups excluding carboxylic acids is 1. The van der Waals surface area contributed by atoms with Gasteiger partial charge in [0.15, 0.2) is 0 Å². The highest BCUT2D eigenvalue weighted by Gasteiger charge is 2.15. The fraction of sp³-hybridized carbons (Fsp3) is 0.0526. The summed E-state index contributed by atoms with van der Waals surface area (Å²) in [5.41, 5.74) is 2.26. The maximum Gasteiger partial charge on any atom is 0.271 e. The molecule has 1 amide bonds. The van der Waals surface area contributed by atoms with Crippen LogP contribution in [0.25, 0.3) is 0 Å². The first-order valence-electron chi connectivity index (χ1n) is 7.91. The number of nitriles is 1. The first-order valence-corrected chi connectivity index (χ1v) is 10.3. The van der Waals surface area contributed by atoms with Crippen molar-refractivity contribution < 1.29 is 13.2 Å². The maximum atomic E-state index is 12.3. The normalized spacial score (nSPS) is 10.8. The Morgan fingerprint density at radius 3 is 2.26 bits per heavy atom. The van der Waals surface area contributed by atoms with Gasteiger partial charge in [-0.3, -0.25) is 9.52 Å². The number of carbonyl (C=O) groups is 1. The smallest absolute Gasteiger partial charge is 0.271 e. The molecule has 0 atom stereocenters. The van der Waals surface area contributed by atoms with Gasteiger partial charge in [-0.2, -0.15) is 5.26 Å². The Labute approximate surface area is 161 Å². The third-order valence-electron chi connectivity index (χ3n) is 3.65. The van der Waals surface area contributed by atoms with E-state index in [4.69, 9.17) is 5.26 Å². The summed E-state index contributed by atoms with van der Waals surface area (Å²) >= 11 is 1.13. The third kappa shape index (κ3) is 4.73. The zero-order valence-electron chi connectivity index (χ0n) is 14.0. The van der Waals surface area contributed by atoms with Gasteiger partial charge in [-0.25, -0.2) is 8.42 Å². The summed E-state index contributed by atoms with van der Waals surface area (Å²) in [7, 11) is -3.62. The van der Waals surface area contributed by atoms with Crippen LogP contribution >= 0.6 is 11.3 Å². The van der Waals surface area contributed by atoms with Crippen LogP contribution in [0.4, 0.5) is 11.4 Å². The predicted octanol–water partition coefficient (Wildman–Crippen LogP) is 3.87. The van der Waals surface area contributed by atoms with Gasteiger partial charge in [0.25, 0.3) is 15.9 Å². The Morgan fingerprint density at radius 2 is 1.67 bits per heavy atom. The van der Waals surface area contributed by atoms with Gasteiger partial charge in [0.2, 0.25) is 0 Å². The summed E-state index contributed by atoms with van der Waals surface area (Å²) in [4.78, 5) is 12.3. The van der Waals surface area contributed by atoms with Gasteiger partial charge < -0.3 is 5.32 Å². The quantitative estimate of drug-likeness (QED) is 0.659. The van der Waals surface area contributed by atoms with Crippen molar-refractivity contribution in [3.63, 3.8) is 0 Å². The Balaban J connectivity index is 1.66. The minimum absolute atomic E-state index is 0.226. The zero-order chi connectivity index (χ0) is 19.3. The maximum absolute atomic E-state index is 12.3. The average molecular weight is 397 g/mol. The van der Waals surface area contributed by atoms with Crippen LogP contribution in [0.2, 0.25) is 0 Å². The van der Waals surface area contributed by atoms with Crippen molar-refractivity contribution in [2.24, 2.45) is 0 Å². The van der Waals surface area contributed by atoms with E-state index in [0.717, 1.165) is 16.9 Å². The minimum Gasteiger partial charge on any atom is -0.322 e. The first kappa shape index (κ1) is 18.6. The second-order valence-corrected chi connectivity index (χ2v) is 8.46. The Bertz CT molecular complexity index is 1070. The number of anilines is 2. The first-order chi connectivity index (χ1) is 13.0. The Kier molecular flexibility index (Phi) is 5.54. The molecule has 6 nitrogen and oxygen atoms in total. The van der Waals surface area contributed by atoms with Crippen LogP contribution in [0, 0.1) is 11.3 Å². The van der Waals surface area contributed by atoms with E-state index >= 15 is 0 Å². The largest absolute Gasteiger partial charge is 0.322 e. The summed E-state index contributed by atoms with van der Waals surface area (Å²) in [6.07, 6.45) is 0.317. The number of nitrogens with one attached hydrogen (secondary N) is 2. The van der Waals surface area contributed by atoms with Crippen molar-refractivity contribution >= 4 is 38.6 Å².